The zero-order valence-corrected chi connectivity index (χ0v) is 10.1. The summed E-state index contributed by atoms with van der Waals surface area (Å²) in [4.78, 5) is 12.5. The lowest BCUT2D eigenvalue weighted by Gasteiger charge is -2.20. The Morgan fingerprint density at radius 3 is 2.76 bits per heavy atom. The quantitative estimate of drug-likeness (QED) is 0.752. The third-order valence-corrected chi connectivity index (χ3v) is 4.44. The SMILES string of the molecule is O=C(O)N1CCCC1=CC1=CCC2(CC1)CC2. The van der Waals surface area contributed by atoms with Gasteiger partial charge >= 0.3 is 6.09 Å². The van der Waals surface area contributed by atoms with Gasteiger partial charge in [0.25, 0.3) is 0 Å². The van der Waals surface area contributed by atoms with Crippen LogP contribution in [0, 0.1) is 5.41 Å². The number of allylic oxidation sites excluding steroid dienone is 4. The fourth-order valence-corrected chi connectivity index (χ4v) is 3.00. The molecule has 3 nitrogen and oxygen atoms in total. The van der Waals surface area contributed by atoms with Crippen molar-refractivity contribution in [2.75, 3.05) is 6.54 Å². The number of carboxylic acid groups (broad SMARTS) is 1. The molecular formula is C14H19NO2. The van der Waals surface area contributed by atoms with E-state index in [1.165, 1.54) is 36.2 Å². The minimum atomic E-state index is -0.802. The van der Waals surface area contributed by atoms with Crippen molar-refractivity contribution in [2.24, 2.45) is 5.41 Å². The monoisotopic (exact) mass is 233 g/mol. The van der Waals surface area contributed by atoms with Gasteiger partial charge in [0.05, 0.1) is 0 Å². The van der Waals surface area contributed by atoms with E-state index in [1.807, 2.05) is 0 Å². The van der Waals surface area contributed by atoms with Crippen LogP contribution in [0.4, 0.5) is 4.79 Å². The van der Waals surface area contributed by atoms with Crippen molar-refractivity contribution < 1.29 is 9.90 Å². The van der Waals surface area contributed by atoms with Crippen molar-refractivity contribution in [1.82, 2.24) is 4.90 Å². The summed E-state index contributed by atoms with van der Waals surface area (Å²) in [6, 6.07) is 0. The number of hydrogen-bond donors (Lipinski definition) is 1. The van der Waals surface area contributed by atoms with E-state index in [1.54, 1.807) is 0 Å². The molecule has 0 aromatic heterocycles. The van der Waals surface area contributed by atoms with Gasteiger partial charge in [-0.15, -0.1) is 0 Å². The maximum absolute atomic E-state index is 11.0. The zero-order chi connectivity index (χ0) is 11.9. The highest BCUT2D eigenvalue weighted by atomic mass is 16.4. The Hall–Kier alpha value is -1.25. The summed E-state index contributed by atoms with van der Waals surface area (Å²) < 4.78 is 0. The predicted molar refractivity (Wildman–Crippen MR) is 65.6 cm³/mol. The van der Waals surface area contributed by atoms with Crippen LogP contribution < -0.4 is 0 Å². The van der Waals surface area contributed by atoms with Crippen LogP contribution in [0.5, 0.6) is 0 Å². The lowest BCUT2D eigenvalue weighted by Crippen LogP contribution is -2.24. The molecule has 2 fully saturated rings. The molecule has 1 spiro atoms. The van der Waals surface area contributed by atoms with E-state index in [4.69, 9.17) is 5.11 Å². The van der Waals surface area contributed by atoms with E-state index in [9.17, 15) is 4.79 Å². The maximum atomic E-state index is 11.0. The second-order valence-corrected chi connectivity index (χ2v) is 5.66. The van der Waals surface area contributed by atoms with Gasteiger partial charge in [-0.25, -0.2) is 4.79 Å². The highest BCUT2D eigenvalue weighted by Crippen LogP contribution is 2.55. The molecule has 3 aliphatic rings. The molecular weight excluding hydrogens is 214 g/mol. The van der Waals surface area contributed by atoms with E-state index in [2.05, 4.69) is 12.2 Å². The summed E-state index contributed by atoms with van der Waals surface area (Å²) in [5.74, 6) is 0. The van der Waals surface area contributed by atoms with Crippen molar-refractivity contribution in [1.29, 1.82) is 0 Å². The van der Waals surface area contributed by atoms with Crippen LogP contribution in [-0.2, 0) is 0 Å². The third kappa shape index (κ3) is 2.11. The molecule has 3 heteroatoms. The molecule has 17 heavy (non-hydrogen) atoms. The van der Waals surface area contributed by atoms with Crippen LogP contribution in [0.25, 0.3) is 0 Å². The first-order valence-electron chi connectivity index (χ1n) is 6.59. The summed E-state index contributed by atoms with van der Waals surface area (Å²) in [5, 5.41) is 9.07. The number of carbonyl (C=O) groups is 1. The van der Waals surface area contributed by atoms with Crippen molar-refractivity contribution in [3.63, 3.8) is 0 Å². The number of likely N-dealkylation sites (tertiary alicyclic amines) is 1. The van der Waals surface area contributed by atoms with E-state index >= 15 is 0 Å². The summed E-state index contributed by atoms with van der Waals surface area (Å²) >= 11 is 0. The van der Waals surface area contributed by atoms with Gasteiger partial charge in [0, 0.05) is 12.2 Å². The summed E-state index contributed by atoms with van der Waals surface area (Å²) in [6.07, 6.45) is 12.0. The largest absolute Gasteiger partial charge is 0.465 e. The number of nitrogens with zero attached hydrogens (tertiary/aromatic N) is 1. The van der Waals surface area contributed by atoms with Crippen LogP contribution in [0.2, 0.25) is 0 Å². The topological polar surface area (TPSA) is 40.5 Å². The first-order chi connectivity index (χ1) is 8.19. The Labute approximate surface area is 102 Å². The van der Waals surface area contributed by atoms with Crippen molar-refractivity contribution >= 4 is 6.09 Å². The van der Waals surface area contributed by atoms with Gasteiger partial charge in [-0.05, 0) is 56.4 Å². The molecule has 0 bridgehead atoms. The fourth-order valence-electron chi connectivity index (χ4n) is 3.00. The van der Waals surface area contributed by atoms with Crippen LogP contribution >= 0.6 is 0 Å². The molecule has 1 saturated carbocycles. The number of rotatable bonds is 1. The van der Waals surface area contributed by atoms with Crippen molar-refractivity contribution in [2.45, 2.75) is 44.9 Å². The van der Waals surface area contributed by atoms with Gasteiger partial charge in [0.1, 0.15) is 0 Å². The maximum Gasteiger partial charge on any atom is 0.411 e. The van der Waals surface area contributed by atoms with E-state index in [0.717, 1.165) is 25.0 Å². The first kappa shape index (κ1) is 10.9. The Kier molecular flexibility index (Phi) is 2.49. The number of hydrogen-bond acceptors (Lipinski definition) is 1. The van der Waals surface area contributed by atoms with E-state index < -0.39 is 6.09 Å². The van der Waals surface area contributed by atoms with Gasteiger partial charge in [-0.2, -0.15) is 0 Å². The van der Waals surface area contributed by atoms with Gasteiger partial charge in [-0.3, -0.25) is 4.90 Å². The van der Waals surface area contributed by atoms with Crippen LogP contribution in [0.15, 0.2) is 23.4 Å². The van der Waals surface area contributed by atoms with Crippen molar-refractivity contribution in [3.8, 4) is 0 Å². The summed E-state index contributed by atoms with van der Waals surface area (Å²) in [6.45, 7) is 0.665. The molecule has 0 aromatic carbocycles. The standard InChI is InChI=1S/C14H19NO2/c16-13(17)15-9-1-2-12(15)10-11-3-5-14(6-4-11)7-8-14/h3,10H,1-2,4-9H2,(H,16,17). The molecule has 1 aliphatic heterocycles. The summed E-state index contributed by atoms with van der Waals surface area (Å²) in [5.41, 5.74) is 3.01. The Balaban J connectivity index is 1.72. The molecule has 0 unspecified atom stereocenters. The van der Waals surface area contributed by atoms with Crippen molar-refractivity contribution in [3.05, 3.63) is 23.4 Å². The highest BCUT2D eigenvalue weighted by Gasteiger charge is 2.42. The Morgan fingerprint density at radius 1 is 1.35 bits per heavy atom. The smallest absolute Gasteiger partial charge is 0.411 e. The Bertz CT molecular complexity index is 404. The van der Waals surface area contributed by atoms with Gasteiger partial charge in [-0.1, -0.05) is 11.6 Å². The fraction of sp³-hybridized carbons (Fsp3) is 0.643. The molecule has 1 N–H and O–H groups in total. The lowest BCUT2D eigenvalue weighted by atomic mass is 9.86. The average Bonchev–Trinajstić information content (AvgIpc) is 2.89. The van der Waals surface area contributed by atoms with Gasteiger partial charge in [0.2, 0.25) is 0 Å². The van der Waals surface area contributed by atoms with Crippen LogP contribution in [-0.4, -0.2) is 22.6 Å². The Morgan fingerprint density at radius 2 is 2.18 bits per heavy atom. The van der Waals surface area contributed by atoms with Crippen LogP contribution in [0.1, 0.15) is 44.9 Å². The molecule has 2 aliphatic carbocycles. The normalized spacial score (nSPS) is 28.6. The lowest BCUT2D eigenvalue weighted by molar-refractivity contribution is 0.164. The second-order valence-electron chi connectivity index (χ2n) is 5.66. The minimum absolute atomic E-state index is 0.657. The molecule has 0 radical (unpaired) electrons. The zero-order valence-electron chi connectivity index (χ0n) is 10.1. The predicted octanol–water partition coefficient (Wildman–Crippen LogP) is 3.53. The second kappa shape index (κ2) is 3.90. The third-order valence-electron chi connectivity index (χ3n) is 4.44. The van der Waals surface area contributed by atoms with Gasteiger partial charge < -0.3 is 5.11 Å². The highest BCUT2D eigenvalue weighted by molar-refractivity contribution is 5.68. The first-order valence-corrected chi connectivity index (χ1v) is 6.59. The molecule has 3 rings (SSSR count). The molecule has 1 saturated heterocycles. The molecule has 0 atom stereocenters. The van der Waals surface area contributed by atoms with Gasteiger partial charge in [0.15, 0.2) is 0 Å². The van der Waals surface area contributed by atoms with E-state index in [0.29, 0.717) is 12.0 Å². The molecule has 92 valence electrons. The molecule has 0 aromatic rings. The van der Waals surface area contributed by atoms with Crippen LogP contribution in [0.3, 0.4) is 0 Å². The van der Waals surface area contributed by atoms with E-state index in [-0.39, 0.29) is 0 Å². The number of amides is 1. The average molecular weight is 233 g/mol. The summed E-state index contributed by atoms with van der Waals surface area (Å²) in [7, 11) is 0. The molecule has 1 amide bonds. The molecule has 1 heterocycles. The minimum Gasteiger partial charge on any atom is -0.465 e.